The van der Waals surface area contributed by atoms with Crippen molar-refractivity contribution in [1.29, 1.82) is 0 Å². The van der Waals surface area contributed by atoms with Gasteiger partial charge in [-0.2, -0.15) is 0 Å². The first-order chi connectivity index (χ1) is 22.9. The Kier molecular flexibility index (Phi) is 14.6. The minimum absolute atomic E-state index is 0.0700. The molecule has 3 rings (SSSR count). The van der Waals surface area contributed by atoms with Crippen molar-refractivity contribution in [1.82, 2.24) is 21.3 Å². The SMILES string of the molecule is CC(C)(NC(=O)OCCCOC(=O)NCc1ccccc1)c1cccc(C(C)(C)NC(=O)OCCCOC(=O)NCc2ccccc2)c1. The highest BCUT2D eigenvalue weighted by Crippen LogP contribution is 2.27. The number of benzene rings is 3. The van der Waals surface area contributed by atoms with Crippen LogP contribution in [0.2, 0.25) is 0 Å². The van der Waals surface area contributed by atoms with Crippen molar-refractivity contribution in [2.24, 2.45) is 0 Å². The summed E-state index contributed by atoms with van der Waals surface area (Å²) in [5.41, 5.74) is 1.90. The highest BCUT2D eigenvalue weighted by atomic mass is 16.6. The molecule has 48 heavy (non-hydrogen) atoms. The summed E-state index contributed by atoms with van der Waals surface area (Å²) in [6.45, 7) is 8.42. The Hall–Kier alpha value is -5.26. The molecule has 0 bridgehead atoms. The Bertz CT molecular complexity index is 1360. The zero-order valence-corrected chi connectivity index (χ0v) is 28.0. The lowest BCUT2D eigenvalue weighted by atomic mass is 9.87. The second-order valence-corrected chi connectivity index (χ2v) is 12.0. The van der Waals surface area contributed by atoms with Crippen molar-refractivity contribution >= 4 is 24.4 Å². The number of nitrogens with one attached hydrogen (secondary N) is 4. The minimum atomic E-state index is -0.801. The average Bonchev–Trinajstić information content (AvgIpc) is 3.06. The lowest BCUT2D eigenvalue weighted by Crippen LogP contribution is -2.43. The fourth-order valence-electron chi connectivity index (χ4n) is 4.44. The Balaban J connectivity index is 1.34. The molecule has 0 aliphatic heterocycles. The van der Waals surface area contributed by atoms with Gasteiger partial charge in [-0.15, -0.1) is 0 Å². The summed E-state index contributed by atoms with van der Waals surface area (Å²) >= 11 is 0. The molecule has 12 nitrogen and oxygen atoms in total. The van der Waals surface area contributed by atoms with Crippen molar-refractivity contribution in [3.8, 4) is 0 Å². The number of carbonyl (C=O) groups excluding carboxylic acids is 4. The quantitative estimate of drug-likeness (QED) is 0.104. The number of alkyl carbamates (subject to hydrolysis) is 4. The first kappa shape index (κ1) is 37.2. The molecule has 0 aliphatic rings. The Morgan fingerprint density at radius 2 is 0.854 bits per heavy atom. The van der Waals surface area contributed by atoms with E-state index < -0.39 is 35.5 Å². The molecule has 4 N–H and O–H groups in total. The van der Waals surface area contributed by atoms with Crippen LogP contribution in [0.5, 0.6) is 0 Å². The van der Waals surface area contributed by atoms with Gasteiger partial charge in [-0.25, -0.2) is 19.2 Å². The summed E-state index contributed by atoms with van der Waals surface area (Å²) in [6, 6.07) is 26.4. The van der Waals surface area contributed by atoms with Gasteiger partial charge in [0.15, 0.2) is 0 Å². The third kappa shape index (κ3) is 13.6. The van der Waals surface area contributed by atoms with E-state index in [1.807, 2.05) is 113 Å². The normalized spacial score (nSPS) is 11.1. The Labute approximate surface area is 281 Å². The fourth-order valence-corrected chi connectivity index (χ4v) is 4.44. The number of carbonyl (C=O) groups is 4. The molecule has 0 unspecified atom stereocenters. The van der Waals surface area contributed by atoms with Crippen LogP contribution in [0.4, 0.5) is 19.2 Å². The minimum Gasteiger partial charge on any atom is -0.449 e. The van der Waals surface area contributed by atoms with Gasteiger partial charge in [0.1, 0.15) is 0 Å². The summed E-state index contributed by atoms with van der Waals surface area (Å²) in [6.07, 6.45) is -1.62. The zero-order chi connectivity index (χ0) is 34.8. The Morgan fingerprint density at radius 1 is 0.500 bits per heavy atom. The molecule has 0 heterocycles. The monoisotopic (exact) mass is 662 g/mol. The van der Waals surface area contributed by atoms with Gasteiger partial charge in [0, 0.05) is 25.9 Å². The van der Waals surface area contributed by atoms with Crippen LogP contribution in [0, 0.1) is 0 Å². The topological polar surface area (TPSA) is 153 Å². The van der Waals surface area contributed by atoms with E-state index in [4.69, 9.17) is 18.9 Å². The predicted octanol–water partition coefficient (Wildman–Crippen LogP) is 6.24. The lowest BCUT2D eigenvalue weighted by molar-refractivity contribution is 0.112. The van der Waals surface area contributed by atoms with Gasteiger partial charge >= 0.3 is 24.4 Å². The standard InChI is InChI=1S/C36H46N4O8/c1-35(2,39-33(43)47-22-12-20-45-31(41)37-25-27-14-7-5-8-15-27)29-18-11-19-30(24-29)36(3,4)40-34(44)48-23-13-21-46-32(42)38-26-28-16-9-6-10-17-28/h5-11,14-19,24H,12-13,20-23,25-26H2,1-4H3,(H,37,41)(H,38,42)(H,39,43)(H,40,44). The van der Waals surface area contributed by atoms with E-state index in [9.17, 15) is 19.2 Å². The molecule has 0 aromatic heterocycles. The molecular weight excluding hydrogens is 616 g/mol. The van der Waals surface area contributed by atoms with E-state index in [-0.39, 0.29) is 26.4 Å². The fraction of sp³-hybridized carbons (Fsp3) is 0.389. The van der Waals surface area contributed by atoms with Crippen LogP contribution in [-0.4, -0.2) is 50.8 Å². The molecule has 0 spiro atoms. The molecule has 4 amide bonds. The van der Waals surface area contributed by atoms with Crippen molar-refractivity contribution < 1.29 is 38.1 Å². The van der Waals surface area contributed by atoms with Crippen molar-refractivity contribution in [3.05, 3.63) is 107 Å². The first-order valence-electron chi connectivity index (χ1n) is 15.8. The summed E-state index contributed by atoms with van der Waals surface area (Å²) in [7, 11) is 0. The van der Waals surface area contributed by atoms with Crippen molar-refractivity contribution in [2.75, 3.05) is 26.4 Å². The molecule has 0 atom stereocenters. The number of amides is 4. The molecule has 3 aromatic rings. The predicted molar refractivity (Wildman–Crippen MR) is 180 cm³/mol. The lowest BCUT2D eigenvalue weighted by Gasteiger charge is -2.30. The summed E-state index contributed by atoms with van der Waals surface area (Å²) in [5.74, 6) is 0. The number of hydrogen-bond acceptors (Lipinski definition) is 8. The molecular formula is C36H46N4O8. The Morgan fingerprint density at radius 3 is 1.23 bits per heavy atom. The molecule has 258 valence electrons. The maximum absolute atomic E-state index is 12.5. The van der Waals surface area contributed by atoms with Crippen LogP contribution in [0.3, 0.4) is 0 Å². The van der Waals surface area contributed by atoms with Gasteiger partial charge < -0.3 is 40.2 Å². The van der Waals surface area contributed by atoms with Crippen LogP contribution in [0.25, 0.3) is 0 Å². The van der Waals surface area contributed by atoms with E-state index in [1.165, 1.54) is 0 Å². The molecule has 0 radical (unpaired) electrons. The van der Waals surface area contributed by atoms with Crippen molar-refractivity contribution in [3.63, 3.8) is 0 Å². The molecule has 0 fully saturated rings. The van der Waals surface area contributed by atoms with E-state index >= 15 is 0 Å². The van der Waals surface area contributed by atoms with Gasteiger partial charge in [-0.3, -0.25) is 0 Å². The first-order valence-corrected chi connectivity index (χ1v) is 15.8. The van der Waals surface area contributed by atoms with E-state index in [1.54, 1.807) is 0 Å². The smallest absolute Gasteiger partial charge is 0.407 e. The van der Waals surface area contributed by atoms with Crippen LogP contribution < -0.4 is 21.3 Å². The van der Waals surface area contributed by atoms with Crippen LogP contribution in [-0.2, 0) is 43.1 Å². The van der Waals surface area contributed by atoms with E-state index in [0.29, 0.717) is 25.9 Å². The van der Waals surface area contributed by atoms with Gasteiger partial charge in [0.05, 0.1) is 37.5 Å². The summed E-state index contributed by atoms with van der Waals surface area (Å²) < 4.78 is 20.8. The van der Waals surface area contributed by atoms with Gasteiger partial charge in [0.25, 0.3) is 0 Å². The second-order valence-electron chi connectivity index (χ2n) is 12.0. The molecule has 12 heteroatoms. The van der Waals surface area contributed by atoms with E-state index in [0.717, 1.165) is 22.3 Å². The zero-order valence-electron chi connectivity index (χ0n) is 28.0. The van der Waals surface area contributed by atoms with Crippen LogP contribution in [0.15, 0.2) is 84.9 Å². The van der Waals surface area contributed by atoms with Gasteiger partial charge in [-0.1, -0.05) is 84.9 Å². The largest absolute Gasteiger partial charge is 0.449 e. The molecule has 0 saturated carbocycles. The van der Waals surface area contributed by atoms with Crippen LogP contribution >= 0.6 is 0 Å². The molecule has 0 saturated heterocycles. The van der Waals surface area contributed by atoms with Crippen LogP contribution in [0.1, 0.15) is 62.8 Å². The highest BCUT2D eigenvalue weighted by Gasteiger charge is 2.28. The maximum Gasteiger partial charge on any atom is 0.407 e. The number of ether oxygens (including phenoxy) is 4. The van der Waals surface area contributed by atoms with E-state index in [2.05, 4.69) is 21.3 Å². The second kappa shape index (κ2) is 18.8. The third-order valence-corrected chi connectivity index (χ3v) is 7.20. The van der Waals surface area contributed by atoms with Crippen molar-refractivity contribution in [2.45, 2.75) is 64.7 Å². The molecule has 0 aliphatic carbocycles. The van der Waals surface area contributed by atoms with Gasteiger partial charge in [-0.05, 0) is 49.9 Å². The number of rotatable bonds is 16. The number of hydrogen-bond donors (Lipinski definition) is 4. The summed E-state index contributed by atoms with van der Waals surface area (Å²) in [5, 5.41) is 11.1. The highest BCUT2D eigenvalue weighted by molar-refractivity contribution is 5.70. The third-order valence-electron chi connectivity index (χ3n) is 7.20. The summed E-state index contributed by atoms with van der Waals surface area (Å²) in [4.78, 5) is 48.8. The molecule has 3 aromatic carbocycles. The average molecular weight is 663 g/mol. The van der Waals surface area contributed by atoms with Gasteiger partial charge in [0.2, 0.25) is 0 Å². The maximum atomic E-state index is 12.5.